The van der Waals surface area contributed by atoms with Gasteiger partial charge in [-0.1, -0.05) is 149 Å². The van der Waals surface area contributed by atoms with E-state index in [9.17, 15) is 0 Å². The first kappa shape index (κ1) is 27.7. The van der Waals surface area contributed by atoms with E-state index in [1.54, 1.807) is 0 Å². The fourth-order valence-electron chi connectivity index (χ4n) is 6.44. The van der Waals surface area contributed by atoms with Crippen LogP contribution in [0, 0.1) is 0 Å². The number of nitrogens with zero attached hydrogens (tertiary/aromatic N) is 1. The molecule has 0 aliphatic rings. The SMILES string of the molecule is CC(C)c1cccc(C(C)C)c1CC(c1cccc(-c2cccc3ccccc23)n1)c1ccccc1-c1ccccc1. The zero-order chi connectivity index (χ0) is 29.1. The summed E-state index contributed by atoms with van der Waals surface area (Å²) in [7, 11) is 0. The molecule has 0 fully saturated rings. The van der Waals surface area contributed by atoms with Crippen molar-refractivity contribution in [2.45, 2.75) is 51.9 Å². The largest absolute Gasteiger partial charge is 0.252 e. The third kappa shape index (κ3) is 5.52. The van der Waals surface area contributed by atoms with Gasteiger partial charge in [0.05, 0.1) is 5.69 Å². The highest BCUT2D eigenvalue weighted by atomic mass is 14.7. The van der Waals surface area contributed by atoms with E-state index in [0.29, 0.717) is 11.8 Å². The first-order chi connectivity index (χ1) is 20.5. The molecule has 0 N–H and O–H groups in total. The summed E-state index contributed by atoms with van der Waals surface area (Å²) in [6, 6.07) is 48.3. The van der Waals surface area contributed by atoms with Crippen LogP contribution in [-0.2, 0) is 6.42 Å². The zero-order valence-corrected chi connectivity index (χ0v) is 25.1. The average Bonchev–Trinajstić information content (AvgIpc) is 3.03. The van der Waals surface area contributed by atoms with Crippen LogP contribution in [0.5, 0.6) is 0 Å². The van der Waals surface area contributed by atoms with Crippen LogP contribution in [0.15, 0.2) is 133 Å². The van der Waals surface area contributed by atoms with Gasteiger partial charge >= 0.3 is 0 Å². The zero-order valence-electron chi connectivity index (χ0n) is 25.1. The molecule has 1 aromatic heterocycles. The van der Waals surface area contributed by atoms with E-state index >= 15 is 0 Å². The first-order valence-electron chi connectivity index (χ1n) is 15.2. The lowest BCUT2D eigenvalue weighted by molar-refractivity contribution is 0.727. The van der Waals surface area contributed by atoms with Crippen LogP contribution in [0.3, 0.4) is 0 Å². The Labute approximate surface area is 250 Å². The number of fused-ring (bicyclic) bond motifs is 1. The third-order valence-corrected chi connectivity index (χ3v) is 8.51. The topological polar surface area (TPSA) is 12.9 Å². The first-order valence-corrected chi connectivity index (χ1v) is 15.2. The van der Waals surface area contributed by atoms with Crippen molar-refractivity contribution in [2.24, 2.45) is 0 Å². The maximum Gasteiger partial charge on any atom is 0.0711 e. The van der Waals surface area contributed by atoms with Crippen LogP contribution in [0.4, 0.5) is 0 Å². The van der Waals surface area contributed by atoms with Crippen LogP contribution >= 0.6 is 0 Å². The lowest BCUT2D eigenvalue weighted by atomic mass is 9.79. The van der Waals surface area contributed by atoms with E-state index in [4.69, 9.17) is 4.98 Å². The van der Waals surface area contributed by atoms with E-state index < -0.39 is 0 Å². The van der Waals surface area contributed by atoms with Gasteiger partial charge in [-0.3, -0.25) is 4.98 Å². The van der Waals surface area contributed by atoms with Gasteiger partial charge in [-0.05, 0) is 74.5 Å². The highest BCUT2D eigenvalue weighted by Crippen LogP contribution is 2.39. The number of benzene rings is 5. The minimum absolute atomic E-state index is 0.0914. The molecule has 1 nitrogen and oxygen atoms in total. The molecule has 0 spiro atoms. The van der Waals surface area contributed by atoms with E-state index in [-0.39, 0.29) is 5.92 Å². The maximum atomic E-state index is 5.45. The summed E-state index contributed by atoms with van der Waals surface area (Å²) in [5.41, 5.74) is 11.5. The Hall–Kier alpha value is -4.49. The molecule has 1 unspecified atom stereocenters. The molecule has 42 heavy (non-hydrogen) atoms. The molecule has 6 aromatic rings. The summed E-state index contributed by atoms with van der Waals surface area (Å²) >= 11 is 0. The van der Waals surface area contributed by atoms with E-state index in [1.807, 2.05) is 0 Å². The second kappa shape index (κ2) is 12.2. The van der Waals surface area contributed by atoms with Gasteiger partial charge < -0.3 is 0 Å². The molecule has 0 aliphatic carbocycles. The Kier molecular flexibility index (Phi) is 8.02. The Bertz CT molecular complexity index is 1780. The molecule has 0 amide bonds. The van der Waals surface area contributed by atoms with Gasteiger partial charge in [0.15, 0.2) is 0 Å². The lowest BCUT2D eigenvalue weighted by Gasteiger charge is -2.26. The third-order valence-electron chi connectivity index (χ3n) is 8.51. The standard InChI is InChI=1S/C41H39N/c1-28(2)32-22-13-23-33(29(3)4)38(32)27-39(36-21-11-10-19-34(36)30-15-6-5-7-16-30)41-26-14-25-40(42-41)37-24-12-18-31-17-8-9-20-35(31)37/h5-26,28-29,39H,27H2,1-4H3. The summed E-state index contributed by atoms with van der Waals surface area (Å²) in [5, 5.41) is 2.47. The Balaban J connectivity index is 1.56. The fourth-order valence-corrected chi connectivity index (χ4v) is 6.44. The minimum atomic E-state index is 0.0914. The van der Waals surface area contributed by atoms with Gasteiger partial charge in [0, 0.05) is 17.2 Å². The molecule has 0 bridgehead atoms. The smallest absolute Gasteiger partial charge is 0.0711 e. The maximum absolute atomic E-state index is 5.45. The van der Waals surface area contributed by atoms with Crippen molar-refractivity contribution in [3.05, 3.63) is 161 Å². The fraction of sp³-hybridized carbons (Fsp3) is 0.195. The van der Waals surface area contributed by atoms with Crippen molar-refractivity contribution >= 4 is 10.8 Å². The molecular weight excluding hydrogens is 506 g/mol. The van der Waals surface area contributed by atoms with Crippen molar-refractivity contribution in [1.29, 1.82) is 0 Å². The van der Waals surface area contributed by atoms with Crippen molar-refractivity contribution in [1.82, 2.24) is 4.98 Å². The predicted octanol–water partition coefficient (Wildman–Crippen LogP) is 11.2. The molecule has 1 heteroatoms. The van der Waals surface area contributed by atoms with Crippen LogP contribution < -0.4 is 0 Å². The summed E-state index contributed by atoms with van der Waals surface area (Å²) in [4.78, 5) is 5.45. The molecule has 6 rings (SSSR count). The Morgan fingerprint density at radius 1 is 0.500 bits per heavy atom. The molecule has 0 saturated carbocycles. The van der Waals surface area contributed by atoms with Crippen LogP contribution in [0.2, 0.25) is 0 Å². The minimum Gasteiger partial charge on any atom is -0.252 e. The van der Waals surface area contributed by atoms with Gasteiger partial charge in [0.25, 0.3) is 0 Å². The summed E-state index contributed by atoms with van der Waals surface area (Å²) in [6.07, 6.45) is 0.901. The van der Waals surface area contributed by atoms with Crippen LogP contribution in [-0.4, -0.2) is 4.98 Å². The number of rotatable bonds is 8. The lowest BCUT2D eigenvalue weighted by Crippen LogP contribution is -2.13. The van der Waals surface area contributed by atoms with Gasteiger partial charge in [-0.2, -0.15) is 0 Å². The van der Waals surface area contributed by atoms with E-state index in [1.165, 1.54) is 49.7 Å². The van der Waals surface area contributed by atoms with Crippen molar-refractivity contribution < 1.29 is 0 Å². The summed E-state index contributed by atoms with van der Waals surface area (Å²) in [5.74, 6) is 0.978. The monoisotopic (exact) mass is 545 g/mol. The Morgan fingerprint density at radius 2 is 1.07 bits per heavy atom. The highest BCUT2D eigenvalue weighted by Gasteiger charge is 2.25. The van der Waals surface area contributed by atoms with Gasteiger partial charge in [-0.15, -0.1) is 0 Å². The molecule has 5 aromatic carbocycles. The summed E-state index contributed by atoms with van der Waals surface area (Å²) in [6.45, 7) is 9.26. The van der Waals surface area contributed by atoms with Gasteiger partial charge in [0.2, 0.25) is 0 Å². The average molecular weight is 546 g/mol. The Morgan fingerprint density at radius 3 is 1.83 bits per heavy atom. The van der Waals surface area contributed by atoms with Gasteiger partial charge in [0.1, 0.15) is 0 Å². The van der Waals surface area contributed by atoms with Crippen molar-refractivity contribution in [3.63, 3.8) is 0 Å². The molecular formula is C41H39N. The van der Waals surface area contributed by atoms with Crippen LogP contribution in [0.1, 0.15) is 73.4 Å². The molecule has 0 aliphatic heterocycles. The normalized spacial score (nSPS) is 12.2. The number of pyridine rings is 1. The second-order valence-corrected chi connectivity index (χ2v) is 11.9. The van der Waals surface area contributed by atoms with E-state index in [2.05, 4.69) is 161 Å². The number of hydrogen-bond acceptors (Lipinski definition) is 1. The summed E-state index contributed by atoms with van der Waals surface area (Å²) < 4.78 is 0. The van der Waals surface area contributed by atoms with Crippen LogP contribution in [0.25, 0.3) is 33.2 Å². The predicted molar refractivity (Wildman–Crippen MR) is 179 cm³/mol. The number of aromatic nitrogens is 1. The number of hydrogen-bond donors (Lipinski definition) is 0. The molecule has 0 saturated heterocycles. The molecule has 1 atom stereocenters. The second-order valence-electron chi connectivity index (χ2n) is 11.9. The molecule has 0 radical (unpaired) electrons. The molecule has 1 heterocycles. The van der Waals surface area contributed by atoms with E-state index in [0.717, 1.165) is 17.8 Å². The quantitative estimate of drug-likeness (QED) is 0.185. The van der Waals surface area contributed by atoms with Crippen molar-refractivity contribution in [3.8, 4) is 22.4 Å². The highest BCUT2D eigenvalue weighted by molar-refractivity contribution is 5.95. The molecule has 208 valence electrons. The van der Waals surface area contributed by atoms with Gasteiger partial charge in [-0.25, -0.2) is 0 Å². The van der Waals surface area contributed by atoms with Crippen molar-refractivity contribution in [2.75, 3.05) is 0 Å².